The zero-order valence-electron chi connectivity index (χ0n) is 9.17. The summed E-state index contributed by atoms with van der Waals surface area (Å²) in [5, 5.41) is 9.60. The average Bonchev–Trinajstić information content (AvgIpc) is 2.00. The largest absolute Gasteiger partial charge is 0.399 e. The summed E-state index contributed by atoms with van der Waals surface area (Å²) in [7, 11) is 0. The quantitative estimate of drug-likeness (QED) is 0.723. The van der Waals surface area contributed by atoms with Crippen molar-refractivity contribution in [2.24, 2.45) is 0 Å². The molecule has 0 aliphatic heterocycles. The maximum atomic E-state index is 9.60. The Hall–Kier alpha value is -1.02. The van der Waals surface area contributed by atoms with Gasteiger partial charge in [-0.25, -0.2) is 0 Å². The number of aryl methyl sites for hydroxylation is 2. The van der Waals surface area contributed by atoms with Gasteiger partial charge in [0.2, 0.25) is 0 Å². The third-order valence-electron chi connectivity index (χ3n) is 2.37. The minimum Gasteiger partial charge on any atom is -0.399 e. The van der Waals surface area contributed by atoms with Crippen molar-refractivity contribution >= 4 is 5.69 Å². The molecule has 0 heterocycles. The number of rotatable bonds is 3. The molecule has 0 aromatic heterocycles. The first-order chi connectivity index (χ1) is 6.38. The molecule has 0 aliphatic rings. The van der Waals surface area contributed by atoms with Crippen LogP contribution in [0.1, 0.15) is 31.4 Å². The van der Waals surface area contributed by atoms with Crippen LogP contribution in [0, 0.1) is 6.92 Å². The second kappa shape index (κ2) is 4.01. The number of aliphatic hydroxyl groups is 1. The van der Waals surface area contributed by atoms with E-state index >= 15 is 0 Å². The van der Waals surface area contributed by atoms with E-state index in [0.717, 1.165) is 18.5 Å². The normalized spacial score (nSPS) is 11.7. The summed E-state index contributed by atoms with van der Waals surface area (Å²) in [6.07, 6.45) is 1.67. The molecule has 0 atom stereocenters. The molecule has 0 spiro atoms. The van der Waals surface area contributed by atoms with Gasteiger partial charge in [0.05, 0.1) is 5.60 Å². The van der Waals surface area contributed by atoms with Gasteiger partial charge in [-0.3, -0.25) is 0 Å². The van der Waals surface area contributed by atoms with E-state index in [1.54, 1.807) is 0 Å². The molecular weight excluding hydrogens is 174 g/mol. The first-order valence-electron chi connectivity index (χ1n) is 4.96. The second-order valence-corrected chi connectivity index (χ2v) is 4.50. The molecule has 0 radical (unpaired) electrons. The Bertz CT molecular complexity index is 313. The van der Waals surface area contributed by atoms with Gasteiger partial charge in [-0.15, -0.1) is 0 Å². The van der Waals surface area contributed by atoms with Crippen molar-refractivity contribution in [2.45, 2.75) is 39.2 Å². The summed E-state index contributed by atoms with van der Waals surface area (Å²) in [5.74, 6) is 0. The Labute approximate surface area is 85.8 Å². The maximum Gasteiger partial charge on any atom is 0.0594 e. The first kappa shape index (κ1) is 11.1. The fourth-order valence-corrected chi connectivity index (χ4v) is 1.44. The van der Waals surface area contributed by atoms with Gasteiger partial charge in [0.25, 0.3) is 0 Å². The lowest BCUT2D eigenvalue weighted by Gasteiger charge is -2.17. The fourth-order valence-electron chi connectivity index (χ4n) is 1.44. The van der Waals surface area contributed by atoms with Crippen LogP contribution in [0.2, 0.25) is 0 Å². The number of nitrogen functional groups attached to an aromatic ring is 1. The lowest BCUT2D eigenvalue weighted by molar-refractivity contribution is 0.0714. The molecule has 0 fully saturated rings. The highest BCUT2D eigenvalue weighted by atomic mass is 16.3. The van der Waals surface area contributed by atoms with Crippen LogP contribution >= 0.6 is 0 Å². The molecular formula is C12H19NO. The highest BCUT2D eigenvalue weighted by Gasteiger charge is 2.12. The summed E-state index contributed by atoms with van der Waals surface area (Å²) in [6, 6.07) is 5.92. The van der Waals surface area contributed by atoms with Crippen molar-refractivity contribution in [3.05, 3.63) is 29.3 Å². The third-order valence-corrected chi connectivity index (χ3v) is 2.37. The molecule has 2 heteroatoms. The van der Waals surface area contributed by atoms with E-state index < -0.39 is 5.60 Å². The Morgan fingerprint density at radius 2 is 2.00 bits per heavy atom. The van der Waals surface area contributed by atoms with Crippen LogP contribution in [0.5, 0.6) is 0 Å². The smallest absolute Gasteiger partial charge is 0.0594 e. The van der Waals surface area contributed by atoms with Crippen LogP contribution < -0.4 is 5.73 Å². The molecule has 0 unspecified atom stereocenters. The van der Waals surface area contributed by atoms with Crippen molar-refractivity contribution in [2.75, 3.05) is 5.73 Å². The van der Waals surface area contributed by atoms with Gasteiger partial charge in [0, 0.05) is 5.69 Å². The molecule has 0 aliphatic carbocycles. The van der Waals surface area contributed by atoms with E-state index in [1.807, 2.05) is 32.0 Å². The first-order valence-corrected chi connectivity index (χ1v) is 4.96. The lowest BCUT2D eigenvalue weighted by Crippen LogP contribution is -2.19. The third kappa shape index (κ3) is 3.38. The number of anilines is 1. The second-order valence-electron chi connectivity index (χ2n) is 4.50. The maximum absolute atomic E-state index is 9.60. The number of hydrogen-bond acceptors (Lipinski definition) is 2. The van der Waals surface area contributed by atoms with Crippen molar-refractivity contribution in [3.8, 4) is 0 Å². The molecule has 3 N–H and O–H groups in total. The van der Waals surface area contributed by atoms with Gasteiger partial charge in [0.1, 0.15) is 0 Å². The van der Waals surface area contributed by atoms with E-state index in [2.05, 4.69) is 6.92 Å². The molecule has 78 valence electrons. The number of hydrogen-bond donors (Lipinski definition) is 2. The van der Waals surface area contributed by atoms with E-state index in [1.165, 1.54) is 11.1 Å². The number of nitrogens with two attached hydrogens (primary N) is 1. The van der Waals surface area contributed by atoms with Crippen LogP contribution in [0.4, 0.5) is 5.69 Å². The lowest BCUT2D eigenvalue weighted by atomic mass is 9.96. The Balaban J connectivity index is 2.68. The SMILES string of the molecule is Cc1cc(N)ccc1CCC(C)(C)O. The summed E-state index contributed by atoms with van der Waals surface area (Å²) < 4.78 is 0. The number of benzene rings is 1. The van der Waals surface area contributed by atoms with Crippen LogP contribution in [-0.2, 0) is 6.42 Å². The predicted octanol–water partition coefficient (Wildman–Crippen LogP) is 2.28. The van der Waals surface area contributed by atoms with Crippen LogP contribution in [0.25, 0.3) is 0 Å². The average molecular weight is 193 g/mol. The molecule has 0 saturated carbocycles. The van der Waals surface area contributed by atoms with E-state index in [9.17, 15) is 5.11 Å². The van der Waals surface area contributed by atoms with E-state index in [0.29, 0.717) is 0 Å². The van der Waals surface area contributed by atoms with Gasteiger partial charge in [-0.05, 0) is 56.9 Å². The molecule has 0 bridgehead atoms. The fraction of sp³-hybridized carbons (Fsp3) is 0.500. The summed E-state index contributed by atoms with van der Waals surface area (Å²) >= 11 is 0. The Morgan fingerprint density at radius 3 is 2.50 bits per heavy atom. The minimum atomic E-state index is -0.589. The van der Waals surface area contributed by atoms with Crippen LogP contribution in [0.15, 0.2) is 18.2 Å². The van der Waals surface area contributed by atoms with Crippen LogP contribution in [-0.4, -0.2) is 10.7 Å². The molecule has 2 nitrogen and oxygen atoms in total. The van der Waals surface area contributed by atoms with Gasteiger partial charge in [0.15, 0.2) is 0 Å². The van der Waals surface area contributed by atoms with Gasteiger partial charge < -0.3 is 10.8 Å². The zero-order valence-corrected chi connectivity index (χ0v) is 9.17. The van der Waals surface area contributed by atoms with Crippen molar-refractivity contribution in [3.63, 3.8) is 0 Å². The van der Waals surface area contributed by atoms with E-state index in [-0.39, 0.29) is 0 Å². The van der Waals surface area contributed by atoms with Gasteiger partial charge in [-0.1, -0.05) is 6.07 Å². The summed E-state index contributed by atoms with van der Waals surface area (Å²) in [6.45, 7) is 5.72. The van der Waals surface area contributed by atoms with Crippen molar-refractivity contribution in [1.29, 1.82) is 0 Å². The molecule has 1 rings (SSSR count). The highest BCUT2D eigenvalue weighted by molar-refractivity contribution is 5.44. The minimum absolute atomic E-state index is 0.589. The van der Waals surface area contributed by atoms with Gasteiger partial charge in [-0.2, -0.15) is 0 Å². The Morgan fingerprint density at radius 1 is 1.36 bits per heavy atom. The highest BCUT2D eigenvalue weighted by Crippen LogP contribution is 2.17. The molecule has 14 heavy (non-hydrogen) atoms. The molecule has 1 aromatic carbocycles. The summed E-state index contributed by atoms with van der Waals surface area (Å²) in [4.78, 5) is 0. The zero-order chi connectivity index (χ0) is 10.8. The molecule has 0 saturated heterocycles. The Kier molecular flexibility index (Phi) is 3.17. The topological polar surface area (TPSA) is 46.2 Å². The standard InChI is InChI=1S/C12H19NO/c1-9-8-11(13)5-4-10(9)6-7-12(2,3)14/h4-5,8,14H,6-7,13H2,1-3H3. The van der Waals surface area contributed by atoms with Crippen molar-refractivity contribution in [1.82, 2.24) is 0 Å². The predicted molar refractivity (Wildman–Crippen MR) is 60.2 cm³/mol. The van der Waals surface area contributed by atoms with Gasteiger partial charge >= 0.3 is 0 Å². The molecule has 1 aromatic rings. The van der Waals surface area contributed by atoms with Crippen molar-refractivity contribution < 1.29 is 5.11 Å². The summed E-state index contributed by atoms with van der Waals surface area (Å²) in [5.41, 5.74) is 8.34. The van der Waals surface area contributed by atoms with E-state index in [4.69, 9.17) is 5.73 Å². The van der Waals surface area contributed by atoms with Crippen LogP contribution in [0.3, 0.4) is 0 Å². The monoisotopic (exact) mass is 193 g/mol. The molecule has 0 amide bonds.